The van der Waals surface area contributed by atoms with E-state index in [2.05, 4.69) is 72.8 Å². The van der Waals surface area contributed by atoms with Crippen molar-refractivity contribution in [3.8, 4) is 17.2 Å². The van der Waals surface area contributed by atoms with E-state index in [1.165, 1.54) is 38.9 Å². The van der Waals surface area contributed by atoms with Crippen LogP contribution in [0.4, 0.5) is 0 Å². The molecule has 3 aromatic carbocycles. The summed E-state index contributed by atoms with van der Waals surface area (Å²) in [6.45, 7) is 7.27. The third kappa shape index (κ3) is 5.23. The van der Waals surface area contributed by atoms with Gasteiger partial charge in [-0.25, -0.2) is 4.98 Å². The van der Waals surface area contributed by atoms with Crippen molar-refractivity contribution in [3.63, 3.8) is 0 Å². The summed E-state index contributed by atoms with van der Waals surface area (Å²) < 4.78 is 2.20. The molecule has 4 aromatic rings. The third-order valence-corrected chi connectivity index (χ3v) is 5.44. The first-order valence-corrected chi connectivity index (χ1v) is 10.2. The fraction of sp³-hybridized carbons (Fsp3) is 0.185. The van der Waals surface area contributed by atoms with Crippen LogP contribution in [0, 0.1) is 32.1 Å². The molecule has 0 spiro atoms. The highest BCUT2D eigenvalue weighted by Crippen LogP contribution is 2.27. The number of aryl methyl sites for hydroxylation is 3. The number of halogens is 1. The Morgan fingerprint density at radius 3 is 2.19 bits per heavy atom. The zero-order valence-corrected chi connectivity index (χ0v) is 18.9. The molecule has 0 unspecified atom stereocenters. The Bertz CT molecular complexity index is 1210. The molecule has 0 aliphatic heterocycles. The van der Waals surface area contributed by atoms with Crippen LogP contribution >= 0.6 is 12.4 Å². The van der Waals surface area contributed by atoms with Crippen molar-refractivity contribution in [2.24, 2.45) is 0 Å². The molecule has 4 heteroatoms. The van der Waals surface area contributed by atoms with Gasteiger partial charge < -0.3 is 4.57 Å². The summed E-state index contributed by atoms with van der Waals surface area (Å²) in [5, 5.41) is 8.97. The molecule has 0 bridgehead atoms. The molecule has 0 saturated carbocycles. The maximum atomic E-state index is 8.97. The number of hydrogen-bond acceptors (Lipinski definition) is 2. The summed E-state index contributed by atoms with van der Waals surface area (Å²) in [7, 11) is 0. The smallest absolute Gasteiger partial charge is 0.0991 e. The normalized spacial score (nSPS) is 10.4. The van der Waals surface area contributed by atoms with Gasteiger partial charge in [-0.05, 0) is 60.7 Å². The van der Waals surface area contributed by atoms with E-state index in [1.807, 2.05) is 36.8 Å². The van der Waals surface area contributed by atoms with E-state index in [0.29, 0.717) is 5.56 Å². The van der Waals surface area contributed by atoms with Crippen molar-refractivity contribution in [2.75, 3.05) is 0 Å². The van der Waals surface area contributed by atoms with Crippen LogP contribution < -0.4 is 0 Å². The Labute approximate surface area is 190 Å². The summed E-state index contributed by atoms with van der Waals surface area (Å²) in [5.74, 6) is 0. The quantitative estimate of drug-likeness (QED) is 0.369. The molecule has 4 rings (SSSR count). The lowest BCUT2D eigenvalue weighted by atomic mass is 9.96. The molecule has 0 aliphatic carbocycles. The van der Waals surface area contributed by atoms with Gasteiger partial charge in [0.05, 0.1) is 18.0 Å². The Hall–Kier alpha value is -3.35. The first-order chi connectivity index (χ1) is 14.5. The van der Waals surface area contributed by atoms with E-state index in [1.54, 1.807) is 0 Å². The van der Waals surface area contributed by atoms with Gasteiger partial charge in [0, 0.05) is 24.9 Å². The van der Waals surface area contributed by atoms with Crippen molar-refractivity contribution in [1.29, 1.82) is 5.26 Å². The molecule has 0 saturated heterocycles. The SMILES string of the molecule is Cc1cc(C)cc(-c2ccc(Cn3cncc3Cc3ccc(C#N)cc3)cc2C)c1.Cl. The number of nitrogens with zero attached hydrogens (tertiary/aromatic N) is 3. The van der Waals surface area contributed by atoms with Gasteiger partial charge in [-0.15, -0.1) is 12.4 Å². The Balaban J connectivity index is 0.00000272. The van der Waals surface area contributed by atoms with Gasteiger partial charge in [0.25, 0.3) is 0 Å². The lowest BCUT2D eigenvalue weighted by molar-refractivity contribution is 0.753. The summed E-state index contributed by atoms with van der Waals surface area (Å²) in [4.78, 5) is 4.37. The highest BCUT2D eigenvalue weighted by atomic mass is 35.5. The molecular formula is C27H26ClN3. The second-order valence-corrected chi connectivity index (χ2v) is 8.02. The number of nitriles is 1. The van der Waals surface area contributed by atoms with E-state index in [0.717, 1.165) is 18.7 Å². The van der Waals surface area contributed by atoms with Crippen molar-refractivity contribution >= 4 is 12.4 Å². The maximum absolute atomic E-state index is 8.97. The van der Waals surface area contributed by atoms with Crippen LogP contribution in [0.1, 0.15) is 39.1 Å². The molecule has 0 fully saturated rings. The fourth-order valence-corrected chi connectivity index (χ4v) is 4.02. The molecule has 1 heterocycles. The lowest BCUT2D eigenvalue weighted by Crippen LogP contribution is -2.04. The second kappa shape index (κ2) is 9.64. The summed E-state index contributed by atoms with van der Waals surface area (Å²) in [6, 6.07) is 23.4. The van der Waals surface area contributed by atoms with Crippen molar-refractivity contribution in [3.05, 3.63) is 112 Å². The fourth-order valence-electron chi connectivity index (χ4n) is 4.02. The van der Waals surface area contributed by atoms with Crippen LogP contribution in [0.15, 0.2) is 73.2 Å². The topological polar surface area (TPSA) is 41.6 Å². The zero-order valence-electron chi connectivity index (χ0n) is 18.1. The van der Waals surface area contributed by atoms with E-state index >= 15 is 0 Å². The Kier molecular flexibility index (Phi) is 6.95. The average Bonchev–Trinajstić information content (AvgIpc) is 3.14. The Morgan fingerprint density at radius 2 is 1.55 bits per heavy atom. The minimum atomic E-state index is 0. The van der Waals surface area contributed by atoms with Crippen LogP contribution in [0.5, 0.6) is 0 Å². The van der Waals surface area contributed by atoms with Crippen LogP contribution in [-0.2, 0) is 13.0 Å². The molecule has 31 heavy (non-hydrogen) atoms. The molecule has 1 aromatic heterocycles. The molecule has 0 radical (unpaired) electrons. The van der Waals surface area contributed by atoms with Crippen LogP contribution in [0.2, 0.25) is 0 Å². The summed E-state index contributed by atoms with van der Waals surface area (Å²) >= 11 is 0. The van der Waals surface area contributed by atoms with Crippen molar-refractivity contribution in [1.82, 2.24) is 9.55 Å². The Morgan fingerprint density at radius 1 is 0.871 bits per heavy atom. The molecule has 0 N–H and O–H groups in total. The monoisotopic (exact) mass is 427 g/mol. The number of rotatable bonds is 5. The van der Waals surface area contributed by atoms with E-state index in [4.69, 9.17) is 5.26 Å². The van der Waals surface area contributed by atoms with E-state index in [9.17, 15) is 0 Å². The first kappa shape index (κ1) is 22.3. The summed E-state index contributed by atoms with van der Waals surface area (Å²) in [6.07, 6.45) is 4.62. The molecular weight excluding hydrogens is 402 g/mol. The highest BCUT2D eigenvalue weighted by Gasteiger charge is 2.08. The maximum Gasteiger partial charge on any atom is 0.0991 e. The van der Waals surface area contributed by atoms with E-state index in [-0.39, 0.29) is 12.4 Å². The number of benzene rings is 3. The van der Waals surface area contributed by atoms with Gasteiger partial charge in [0.15, 0.2) is 0 Å². The van der Waals surface area contributed by atoms with Gasteiger partial charge in [-0.3, -0.25) is 0 Å². The predicted octanol–water partition coefficient (Wildman–Crippen LogP) is 6.41. The van der Waals surface area contributed by atoms with Gasteiger partial charge in [0.1, 0.15) is 0 Å². The molecule has 156 valence electrons. The van der Waals surface area contributed by atoms with Gasteiger partial charge in [-0.2, -0.15) is 5.26 Å². The number of imidazole rings is 1. The van der Waals surface area contributed by atoms with Crippen LogP contribution in [0.25, 0.3) is 11.1 Å². The van der Waals surface area contributed by atoms with Gasteiger partial charge in [-0.1, -0.05) is 59.7 Å². The number of hydrogen-bond donors (Lipinski definition) is 0. The molecule has 0 aliphatic rings. The first-order valence-electron chi connectivity index (χ1n) is 10.2. The van der Waals surface area contributed by atoms with Crippen LogP contribution in [0.3, 0.4) is 0 Å². The van der Waals surface area contributed by atoms with Crippen molar-refractivity contribution in [2.45, 2.75) is 33.7 Å². The molecule has 0 amide bonds. The zero-order chi connectivity index (χ0) is 21.1. The van der Waals surface area contributed by atoms with E-state index < -0.39 is 0 Å². The highest BCUT2D eigenvalue weighted by molar-refractivity contribution is 5.85. The van der Waals surface area contributed by atoms with Gasteiger partial charge in [0.2, 0.25) is 0 Å². The minimum absolute atomic E-state index is 0. The minimum Gasteiger partial charge on any atom is -0.330 e. The van der Waals surface area contributed by atoms with Gasteiger partial charge >= 0.3 is 0 Å². The third-order valence-electron chi connectivity index (χ3n) is 5.44. The lowest BCUT2D eigenvalue weighted by Gasteiger charge is -2.13. The molecule has 3 nitrogen and oxygen atoms in total. The standard InChI is InChI=1S/C27H25N3.ClH/c1-19-10-20(2)12-25(11-19)27-9-8-24(13-21(27)3)17-30-18-29-16-26(30)14-22-4-6-23(15-28)7-5-22;/h4-13,16,18H,14,17H2,1-3H3;1H. The molecule has 0 atom stereocenters. The average molecular weight is 428 g/mol. The second-order valence-electron chi connectivity index (χ2n) is 8.02. The van der Waals surface area contributed by atoms with Crippen molar-refractivity contribution < 1.29 is 0 Å². The summed E-state index contributed by atoms with van der Waals surface area (Å²) in [5.41, 5.74) is 10.7. The largest absolute Gasteiger partial charge is 0.330 e. The number of aromatic nitrogens is 2. The van der Waals surface area contributed by atoms with Crippen LogP contribution in [-0.4, -0.2) is 9.55 Å². The predicted molar refractivity (Wildman–Crippen MR) is 129 cm³/mol.